The lowest BCUT2D eigenvalue weighted by Crippen LogP contribution is -2.42. The number of hydrogen-bond donors (Lipinski definition) is 1. The first-order chi connectivity index (χ1) is 7.68. The third-order valence-corrected chi connectivity index (χ3v) is 4.25. The second-order valence-electron chi connectivity index (χ2n) is 3.99. The first-order valence-corrected chi connectivity index (χ1v) is 6.66. The molecule has 0 spiro atoms. The van der Waals surface area contributed by atoms with E-state index in [2.05, 4.69) is 21.2 Å². The summed E-state index contributed by atoms with van der Waals surface area (Å²) in [5, 5.41) is 3.13. The van der Waals surface area contributed by atoms with E-state index in [1.54, 1.807) is 6.07 Å². The SMILES string of the molecule is O=C(NC1CCCCC1Br)c1ccoc1Cl. The van der Waals surface area contributed by atoms with Crippen LogP contribution in [0.3, 0.4) is 0 Å². The number of rotatable bonds is 2. The second kappa shape index (κ2) is 5.23. The van der Waals surface area contributed by atoms with Crippen molar-refractivity contribution in [1.29, 1.82) is 0 Å². The first kappa shape index (κ1) is 12.0. The minimum Gasteiger partial charge on any atom is -0.452 e. The van der Waals surface area contributed by atoms with Gasteiger partial charge in [-0.05, 0) is 30.5 Å². The van der Waals surface area contributed by atoms with Gasteiger partial charge in [-0.2, -0.15) is 0 Å². The van der Waals surface area contributed by atoms with E-state index in [1.807, 2.05) is 0 Å². The van der Waals surface area contributed by atoms with Crippen molar-refractivity contribution >= 4 is 33.4 Å². The van der Waals surface area contributed by atoms with Gasteiger partial charge in [-0.15, -0.1) is 0 Å². The summed E-state index contributed by atoms with van der Waals surface area (Å²) in [6, 6.07) is 1.77. The molecule has 1 aliphatic rings. The van der Waals surface area contributed by atoms with Gasteiger partial charge in [0.25, 0.3) is 5.91 Å². The van der Waals surface area contributed by atoms with Crippen molar-refractivity contribution in [1.82, 2.24) is 5.32 Å². The molecule has 1 amide bonds. The highest BCUT2D eigenvalue weighted by molar-refractivity contribution is 9.09. The normalized spacial score (nSPS) is 25.4. The van der Waals surface area contributed by atoms with Crippen molar-refractivity contribution in [2.75, 3.05) is 0 Å². The molecule has 0 radical (unpaired) electrons. The highest BCUT2D eigenvalue weighted by Crippen LogP contribution is 2.25. The average Bonchev–Trinajstić information content (AvgIpc) is 2.68. The Kier molecular flexibility index (Phi) is 3.92. The van der Waals surface area contributed by atoms with Gasteiger partial charge in [0.2, 0.25) is 5.22 Å². The highest BCUT2D eigenvalue weighted by Gasteiger charge is 2.25. The number of amides is 1. The summed E-state index contributed by atoms with van der Waals surface area (Å²) in [5.74, 6) is -0.157. The molecule has 88 valence electrons. The second-order valence-corrected chi connectivity index (χ2v) is 5.51. The third-order valence-electron chi connectivity index (χ3n) is 2.86. The van der Waals surface area contributed by atoms with Crippen LogP contribution in [0.15, 0.2) is 16.7 Å². The van der Waals surface area contributed by atoms with Crippen LogP contribution in [-0.4, -0.2) is 16.8 Å². The van der Waals surface area contributed by atoms with E-state index < -0.39 is 0 Å². The molecule has 2 unspecified atom stereocenters. The number of hydrogen-bond acceptors (Lipinski definition) is 2. The fourth-order valence-corrected chi connectivity index (χ4v) is 2.87. The van der Waals surface area contributed by atoms with E-state index >= 15 is 0 Å². The Morgan fingerprint density at radius 3 is 2.88 bits per heavy atom. The predicted molar refractivity (Wildman–Crippen MR) is 66.2 cm³/mol. The van der Waals surface area contributed by atoms with Crippen LogP contribution in [0, 0.1) is 0 Å². The molecule has 1 heterocycles. The molecule has 16 heavy (non-hydrogen) atoms. The molecule has 0 aliphatic heterocycles. The molecule has 0 bridgehead atoms. The van der Waals surface area contributed by atoms with Crippen molar-refractivity contribution in [3.05, 3.63) is 23.1 Å². The maximum atomic E-state index is 11.9. The van der Waals surface area contributed by atoms with E-state index in [9.17, 15) is 4.79 Å². The summed E-state index contributed by atoms with van der Waals surface area (Å²) in [4.78, 5) is 12.2. The van der Waals surface area contributed by atoms with E-state index in [0.29, 0.717) is 10.4 Å². The summed E-state index contributed by atoms with van der Waals surface area (Å²) in [5.41, 5.74) is 0.409. The molecule has 2 rings (SSSR count). The molecule has 0 aromatic carbocycles. The average molecular weight is 307 g/mol. The van der Waals surface area contributed by atoms with Crippen LogP contribution in [0.2, 0.25) is 5.22 Å². The van der Waals surface area contributed by atoms with Gasteiger partial charge in [-0.3, -0.25) is 4.79 Å². The van der Waals surface area contributed by atoms with E-state index in [4.69, 9.17) is 16.0 Å². The lowest BCUT2D eigenvalue weighted by Gasteiger charge is -2.27. The van der Waals surface area contributed by atoms with Crippen LogP contribution in [-0.2, 0) is 0 Å². The Balaban J connectivity index is 1.99. The standard InChI is InChI=1S/C11H13BrClNO2/c12-8-3-1-2-4-9(8)14-11(15)7-5-6-16-10(7)13/h5-6,8-9H,1-4H2,(H,14,15). The van der Waals surface area contributed by atoms with Gasteiger partial charge in [-0.1, -0.05) is 28.8 Å². The number of halogens is 2. The largest absolute Gasteiger partial charge is 0.452 e. The van der Waals surface area contributed by atoms with Gasteiger partial charge >= 0.3 is 0 Å². The Bertz CT molecular complexity index is 380. The van der Waals surface area contributed by atoms with E-state index in [-0.39, 0.29) is 17.2 Å². The molecule has 1 N–H and O–H groups in total. The molecule has 1 aliphatic carbocycles. The van der Waals surface area contributed by atoms with Crippen molar-refractivity contribution in [2.24, 2.45) is 0 Å². The van der Waals surface area contributed by atoms with Crippen molar-refractivity contribution in [3.8, 4) is 0 Å². The molecule has 1 aromatic heterocycles. The Labute approximate surface area is 108 Å². The van der Waals surface area contributed by atoms with Gasteiger partial charge in [0, 0.05) is 10.9 Å². The maximum absolute atomic E-state index is 11.9. The maximum Gasteiger partial charge on any atom is 0.256 e. The van der Waals surface area contributed by atoms with Crippen LogP contribution in [0.4, 0.5) is 0 Å². The topological polar surface area (TPSA) is 42.2 Å². The van der Waals surface area contributed by atoms with Crippen molar-refractivity contribution in [2.45, 2.75) is 36.6 Å². The van der Waals surface area contributed by atoms with Crippen LogP contribution < -0.4 is 5.32 Å². The summed E-state index contributed by atoms with van der Waals surface area (Å²) < 4.78 is 4.89. The molecule has 5 heteroatoms. The summed E-state index contributed by atoms with van der Waals surface area (Å²) in [6.07, 6.45) is 5.91. The molecule has 0 saturated heterocycles. The predicted octanol–water partition coefficient (Wildman–Crippen LogP) is 3.37. The van der Waals surface area contributed by atoms with Crippen molar-refractivity contribution in [3.63, 3.8) is 0 Å². The van der Waals surface area contributed by atoms with Gasteiger partial charge in [0.15, 0.2) is 0 Å². The number of carbonyl (C=O) groups excluding carboxylic acids is 1. The van der Waals surface area contributed by atoms with Crippen LogP contribution >= 0.6 is 27.5 Å². The number of nitrogens with one attached hydrogen (secondary N) is 1. The molecule has 2 atom stereocenters. The summed E-state index contributed by atoms with van der Waals surface area (Å²) >= 11 is 9.34. The fraction of sp³-hybridized carbons (Fsp3) is 0.545. The molecule has 1 saturated carbocycles. The summed E-state index contributed by atoms with van der Waals surface area (Å²) in [7, 11) is 0. The molecular weight excluding hydrogens is 293 g/mol. The Morgan fingerprint density at radius 2 is 2.25 bits per heavy atom. The Morgan fingerprint density at radius 1 is 1.50 bits per heavy atom. The zero-order valence-electron chi connectivity index (χ0n) is 8.71. The number of furan rings is 1. The zero-order valence-corrected chi connectivity index (χ0v) is 11.1. The number of alkyl halides is 1. The van der Waals surface area contributed by atoms with Gasteiger partial charge in [-0.25, -0.2) is 0 Å². The number of carbonyl (C=O) groups is 1. The van der Waals surface area contributed by atoms with Gasteiger partial charge < -0.3 is 9.73 Å². The smallest absolute Gasteiger partial charge is 0.256 e. The quantitative estimate of drug-likeness (QED) is 0.851. The van der Waals surface area contributed by atoms with E-state index in [0.717, 1.165) is 19.3 Å². The van der Waals surface area contributed by atoms with Crippen LogP contribution in [0.25, 0.3) is 0 Å². The zero-order chi connectivity index (χ0) is 11.5. The highest BCUT2D eigenvalue weighted by atomic mass is 79.9. The summed E-state index contributed by atoms with van der Waals surface area (Å²) in [6.45, 7) is 0. The molecule has 3 nitrogen and oxygen atoms in total. The van der Waals surface area contributed by atoms with Crippen LogP contribution in [0.1, 0.15) is 36.0 Å². The van der Waals surface area contributed by atoms with Gasteiger partial charge in [0.05, 0.1) is 11.8 Å². The van der Waals surface area contributed by atoms with Crippen molar-refractivity contribution < 1.29 is 9.21 Å². The first-order valence-electron chi connectivity index (χ1n) is 5.36. The van der Waals surface area contributed by atoms with Crippen LogP contribution in [0.5, 0.6) is 0 Å². The van der Waals surface area contributed by atoms with Gasteiger partial charge in [0.1, 0.15) is 0 Å². The minimum absolute atomic E-state index is 0.152. The lowest BCUT2D eigenvalue weighted by atomic mass is 9.95. The monoisotopic (exact) mass is 305 g/mol. The molecular formula is C11H13BrClNO2. The lowest BCUT2D eigenvalue weighted by molar-refractivity contribution is 0.0929. The molecule has 1 fully saturated rings. The molecule has 1 aromatic rings. The fourth-order valence-electron chi connectivity index (χ4n) is 1.95. The van der Waals surface area contributed by atoms with E-state index in [1.165, 1.54) is 12.7 Å². The third kappa shape index (κ3) is 2.61. The Hall–Kier alpha value is -0.480. The minimum atomic E-state index is -0.157.